The van der Waals surface area contributed by atoms with Gasteiger partial charge in [0, 0.05) is 17.5 Å². The van der Waals surface area contributed by atoms with Crippen LogP contribution in [0, 0.1) is 20.8 Å². The first-order valence-electron chi connectivity index (χ1n) is 9.07. The SMILES string of the molecule is CCCNc1oc2c(O)c(C)ccc2c1C(=O)c1cc(C)c(C)c(OC)c1. The number of carbonyl (C=O) groups is 1. The Hall–Kier alpha value is -2.95. The molecule has 0 aliphatic heterocycles. The fourth-order valence-corrected chi connectivity index (χ4v) is 3.15. The van der Waals surface area contributed by atoms with Crippen molar-refractivity contribution in [1.82, 2.24) is 0 Å². The third-order valence-electron chi connectivity index (χ3n) is 4.90. The minimum absolute atomic E-state index is 0.0590. The van der Waals surface area contributed by atoms with Crippen LogP contribution < -0.4 is 10.1 Å². The fraction of sp³-hybridized carbons (Fsp3) is 0.318. The Labute approximate surface area is 159 Å². The van der Waals surface area contributed by atoms with E-state index in [2.05, 4.69) is 5.32 Å². The molecule has 0 fully saturated rings. The number of aryl methyl sites for hydroxylation is 2. The molecule has 0 saturated heterocycles. The van der Waals surface area contributed by atoms with Gasteiger partial charge in [0.1, 0.15) is 5.75 Å². The van der Waals surface area contributed by atoms with E-state index in [1.807, 2.05) is 32.9 Å². The van der Waals surface area contributed by atoms with Crippen LogP contribution in [0.1, 0.15) is 46.0 Å². The quantitative estimate of drug-likeness (QED) is 0.591. The highest BCUT2D eigenvalue weighted by atomic mass is 16.5. The third-order valence-corrected chi connectivity index (χ3v) is 4.90. The maximum absolute atomic E-state index is 13.4. The van der Waals surface area contributed by atoms with Crippen LogP contribution in [-0.4, -0.2) is 24.5 Å². The molecule has 142 valence electrons. The molecule has 2 aromatic carbocycles. The van der Waals surface area contributed by atoms with Gasteiger partial charge in [-0.15, -0.1) is 0 Å². The van der Waals surface area contributed by atoms with Gasteiger partial charge in [-0.1, -0.05) is 13.0 Å². The molecule has 0 spiro atoms. The molecule has 0 aliphatic carbocycles. The number of hydrogen-bond donors (Lipinski definition) is 2. The molecule has 0 bridgehead atoms. The second kappa shape index (κ2) is 7.35. The summed E-state index contributed by atoms with van der Waals surface area (Å²) < 4.78 is 11.3. The summed E-state index contributed by atoms with van der Waals surface area (Å²) >= 11 is 0. The number of carbonyl (C=O) groups excluding carboxylic acids is 1. The predicted molar refractivity (Wildman–Crippen MR) is 107 cm³/mol. The van der Waals surface area contributed by atoms with E-state index in [1.54, 1.807) is 26.2 Å². The lowest BCUT2D eigenvalue weighted by Crippen LogP contribution is -2.08. The van der Waals surface area contributed by atoms with E-state index in [1.165, 1.54) is 0 Å². The number of benzene rings is 2. The van der Waals surface area contributed by atoms with Gasteiger partial charge in [-0.3, -0.25) is 4.79 Å². The number of ketones is 1. The highest BCUT2D eigenvalue weighted by Gasteiger charge is 2.25. The van der Waals surface area contributed by atoms with Crippen molar-refractivity contribution < 1.29 is 19.1 Å². The molecule has 0 saturated carbocycles. The fourth-order valence-electron chi connectivity index (χ4n) is 3.15. The lowest BCUT2D eigenvalue weighted by molar-refractivity contribution is 0.104. The van der Waals surface area contributed by atoms with Crippen molar-refractivity contribution in [2.75, 3.05) is 19.0 Å². The Morgan fingerprint density at radius 1 is 1.19 bits per heavy atom. The average molecular weight is 367 g/mol. The van der Waals surface area contributed by atoms with E-state index in [0.29, 0.717) is 45.8 Å². The zero-order chi connectivity index (χ0) is 19.7. The zero-order valence-corrected chi connectivity index (χ0v) is 16.4. The molecule has 5 heteroatoms. The van der Waals surface area contributed by atoms with E-state index in [4.69, 9.17) is 9.15 Å². The molecule has 3 rings (SSSR count). The van der Waals surface area contributed by atoms with Gasteiger partial charge in [-0.25, -0.2) is 0 Å². The summed E-state index contributed by atoms with van der Waals surface area (Å²) in [7, 11) is 1.60. The minimum atomic E-state index is -0.169. The maximum atomic E-state index is 13.4. The average Bonchev–Trinajstić information content (AvgIpc) is 3.03. The molecule has 0 unspecified atom stereocenters. The molecule has 1 aromatic heterocycles. The summed E-state index contributed by atoms with van der Waals surface area (Å²) in [6.45, 7) is 8.41. The first-order valence-corrected chi connectivity index (χ1v) is 9.07. The van der Waals surface area contributed by atoms with Crippen molar-refractivity contribution in [2.45, 2.75) is 34.1 Å². The molecule has 0 aliphatic rings. The highest BCUT2D eigenvalue weighted by molar-refractivity contribution is 6.20. The summed E-state index contributed by atoms with van der Waals surface area (Å²) in [6.07, 6.45) is 0.882. The molecule has 27 heavy (non-hydrogen) atoms. The third kappa shape index (κ3) is 3.25. The largest absolute Gasteiger partial charge is 0.504 e. The highest BCUT2D eigenvalue weighted by Crippen LogP contribution is 2.38. The van der Waals surface area contributed by atoms with Gasteiger partial charge in [0.05, 0.1) is 12.7 Å². The van der Waals surface area contributed by atoms with Gasteiger partial charge < -0.3 is 19.6 Å². The van der Waals surface area contributed by atoms with E-state index >= 15 is 0 Å². The number of nitrogens with one attached hydrogen (secondary N) is 1. The summed E-state index contributed by atoms with van der Waals surface area (Å²) in [6, 6.07) is 7.21. The van der Waals surface area contributed by atoms with E-state index in [9.17, 15) is 9.90 Å². The number of phenols is 1. The number of fused-ring (bicyclic) bond motifs is 1. The van der Waals surface area contributed by atoms with Crippen molar-refractivity contribution in [1.29, 1.82) is 0 Å². The van der Waals surface area contributed by atoms with Crippen LogP contribution in [0.4, 0.5) is 5.88 Å². The number of methoxy groups -OCH3 is 1. The van der Waals surface area contributed by atoms with Crippen LogP contribution in [0.5, 0.6) is 11.5 Å². The Morgan fingerprint density at radius 2 is 1.93 bits per heavy atom. The van der Waals surface area contributed by atoms with Gasteiger partial charge in [-0.05, 0) is 62.1 Å². The van der Waals surface area contributed by atoms with Crippen molar-refractivity contribution in [3.05, 3.63) is 52.1 Å². The number of anilines is 1. The summed E-state index contributed by atoms with van der Waals surface area (Å²) in [5.74, 6) is 0.948. The number of ether oxygens (including phenoxy) is 1. The second-order valence-corrected chi connectivity index (χ2v) is 6.79. The first kappa shape index (κ1) is 18.8. The van der Waals surface area contributed by atoms with Crippen molar-refractivity contribution in [3.63, 3.8) is 0 Å². The van der Waals surface area contributed by atoms with Gasteiger partial charge in [0.15, 0.2) is 17.1 Å². The molecular formula is C22H25NO4. The van der Waals surface area contributed by atoms with Crippen LogP contribution in [0.25, 0.3) is 11.0 Å². The van der Waals surface area contributed by atoms with Crippen molar-refractivity contribution in [3.8, 4) is 11.5 Å². The topological polar surface area (TPSA) is 71.7 Å². The van der Waals surface area contributed by atoms with E-state index in [-0.39, 0.29) is 11.5 Å². The van der Waals surface area contributed by atoms with Gasteiger partial charge >= 0.3 is 0 Å². The molecule has 5 nitrogen and oxygen atoms in total. The smallest absolute Gasteiger partial charge is 0.205 e. The Kier molecular flexibility index (Phi) is 5.13. The zero-order valence-electron chi connectivity index (χ0n) is 16.4. The number of phenolic OH excluding ortho intramolecular Hbond substituents is 1. The van der Waals surface area contributed by atoms with Crippen LogP contribution >= 0.6 is 0 Å². The van der Waals surface area contributed by atoms with Gasteiger partial charge in [-0.2, -0.15) is 0 Å². The predicted octanol–water partition coefficient (Wildman–Crippen LogP) is 5.13. The van der Waals surface area contributed by atoms with Crippen molar-refractivity contribution in [2.24, 2.45) is 0 Å². The maximum Gasteiger partial charge on any atom is 0.205 e. The molecule has 0 amide bonds. The lowest BCUT2D eigenvalue weighted by atomic mass is 9.97. The molecule has 1 heterocycles. The number of aromatic hydroxyl groups is 1. The standard InChI is InChI=1S/C22H25NO4/c1-6-9-23-22-18(16-8-7-12(2)19(24)21(16)27-22)20(25)15-10-13(3)14(4)17(11-15)26-5/h7-8,10-11,23-24H,6,9H2,1-5H3. The Morgan fingerprint density at radius 3 is 2.59 bits per heavy atom. The molecule has 2 N–H and O–H groups in total. The molecule has 3 aromatic rings. The lowest BCUT2D eigenvalue weighted by Gasteiger charge is -2.11. The van der Waals surface area contributed by atoms with Crippen LogP contribution in [0.3, 0.4) is 0 Å². The number of rotatable bonds is 6. The van der Waals surface area contributed by atoms with Crippen LogP contribution in [0.2, 0.25) is 0 Å². The normalized spacial score (nSPS) is 11.0. The Balaban J connectivity index is 2.21. The van der Waals surface area contributed by atoms with Crippen molar-refractivity contribution >= 4 is 22.6 Å². The summed E-state index contributed by atoms with van der Waals surface area (Å²) in [4.78, 5) is 13.4. The number of furan rings is 1. The van der Waals surface area contributed by atoms with E-state index < -0.39 is 0 Å². The number of hydrogen-bond acceptors (Lipinski definition) is 5. The first-order chi connectivity index (χ1) is 12.9. The molecule has 0 atom stereocenters. The van der Waals surface area contributed by atoms with Gasteiger partial charge in [0.2, 0.25) is 5.88 Å². The minimum Gasteiger partial charge on any atom is -0.504 e. The summed E-state index contributed by atoms with van der Waals surface area (Å²) in [5, 5.41) is 14.2. The molecular weight excluding hydrogens is 342 g/mol. The van der Waals surface area contributed by atoms with Crippen LogP contribution in [-0.2, 0) is 0 Å². The summed E-state index contributed by atoms with van der Waals surface area (Å²) in [5.41, 5.74) is 3.96. The monoisotopic (exact) mass is 367 g/mol. The van der Waals surface area contributed by atoms with E-state index in [0.717, 1.165) is 17.5 Å². The Bertz CT molecular complexity index is 1020. The van der Waals surface area contributed by atoms with Crippen LogP contribution in [0.15, 0.2) is 28.7 Å². The van der Waals surface area contributed by atoms with Gasteiger partial charge in [0.25, 0.3) is 0 Å². The second-order valence-electron chi connectivity index (χ2n) is 6.79. The molecule has 0 radical (unpaired) electrons.